The fourth-order valence-corrected chi connectivity index (χ4v) is 5.02. The molecule has 0 aromatic heterocycles. The van der Waals surface area contributed by atoms with Crippen LogP contribution in [0.4, 0.5) is 5.69 Å². The second kappa shape index (κ2) is 6.19. The first-order chi connectivity index (χ1) is 8.11. The van der Waals surface area contributed by atoms with Crippen molar-refractivity contribution in [2.45, 2.75) is 32.9 Å². The summed E-state index contributed by atoms with van der Waals surface area (Å²) in [7, 11) is 1.18. The molecule has 0 fully saturated rings. The minimum absolute atomic E-state index is 0.351. The fourth-order valence-electron chi connectivity index (χ4n) is 2.22. The van der Waals surface area contributed by atoms with Crippen molar-refractivity contribution in [1.29, 1.82) is 0 Å². The van der Waals surface area contributed by atoms with Gasteiger partial charge < -0.3 is 13.4 Å². The average Bonchev–Trinajstić information content (AvgIpc) is 2.36. The first-order valence-electron chi connectivity index (χ1n) is 6.06. The zero-order valence-corrected chi connectivity index (χ0v) is 12.4. The van der Waals surface area contributed by atoms with Crippen molar-refractivity contribution >= 4 is 14.4 Å². The van der Waals surface area contributed by atoms with Gasteiger partial charge in [0.25, 0.3) is 0 Å². The predicted molar refractivity (Wildman–Crippen MR) is 74.3 cm³/mol. The van der Waals surface area contributed by atoms with Crippen molar-refractivity contribution in [3.05, 3.63) is 30.3 Å². The highest BCUT2D eigenvalue weighted by Gasteiger charge is 2.43. The molecule has 1 rings (SSSR count). The van der Waals surface area contributed by atoms with Crippen LogP contribution < -0.4 is 4.57 Å². The van der Waals surface area contributed by atoms with Gasteiger partial charge in [0.15, 0.2) is 0 Å². The Balaban J connectivity index is 3.17. The lowest BCUT2D eigenvalue weighted by Gasteiger charge is -2.41. The number of anilines is 1. The van der Waals surface area contributed by atoms with Crippen LogP contribution in [0, 0.1) is 0 Å². The van der Waals surface area contributed by atoms with E-state index in [0.717, 1.165) is 6.04 Å². The number of para-hydroxylation sites is 1. The topological polar surface area (TPSA) is 21.7 Å². The number of benzene rings is 1. The van der Waals surface area contributed by atoms with Gasteiger partial charge in [0.1, 0.15) is 0 Å². The first-order valence-corrected chi connectivity index (χ1v) is 8.03. The van der Waals surface area contributed by atoms with Gasteiger partial charge in [-0.1, -0.05) is 25.1 Å². The lowest BCUT2D eigenvalue weighted by atomic mass is 10.3. The summed E-state index contributed by atoms with van der Waals surface area (Å²) >= 11 is 0. The van der Waals surface area contributed by atoms with E-state index in [1.807, 2.05) is 18.2 Å². The third-order valence-corrected chi connectivity index (χ3v) is 6.68. The van der Waals surface area contributed by atoms with Crippen LogP contribution in [-0.2, 0) is 8.85 Å². The minimum Gasteiger partial charge on any atom is -0.382 e. The highest BCUT2D eigenvalue weighted by Crippen LogP contribution is 2.27. The van der Waals surface area contributed by atoms with E-state index in [1.54, 1.807) is 14.2 Å². The fraction of sp³-hybridized carbons (Fsp3) is 0.538. The first kappa shape index (κ1) is 14.2. The molecule has 17 heavy (non-hydrogen) atoms. The molecule has 96 valence electrons. The molecule has 1 aromatic carbocycles. The van der Waals surface area contributed by atoms with E-state index in [-0.39, 0.29) is 0 Å². The molecule has 0 unspecified atom stereocenters. The predicted octanol–water partition coefficient (Wildman–Crippen LogP) is 3.15. The summed E-state index contributed by atoms with van der Waals surface area (Å²) in [6.45, 7) is 6.46. The molecular formula is C13H23NO2Si. The van der Waals surface area contributed by atoms with Crippen molar-refractivity contribution < 1.29 is 8.85 Å². The quantitative estimate of drug-likeness (QED) is 0.727. The molecule has 0 aliphatic rings. The zero-order chi connectivity index (χ0) is 12.9. The lowest BCUT2D eigenvalue weighted by molar-refractivity contribution is 0.236. The van der Waals surface area contributed by atoms with Crippen molar-refractivity contribution in [2.75, 3.05) is 18.8 Å². The van der Waals surface area contributed by atoms with E-state index in [0.29, 0.717) is 6.04 Å². The van der Waals surface area contributed by atoms with Crippen LogP contribution in [0.2, 0.25) is 6.04 Å². The van der Waals surface area contributed by atoms with Crippen LogP contribution in [0.25, 0.3) is 0 Å². The van der Waals surface area contributed by atoms with Gasteiger partial charge in [-0.2, -0.15) is 0 Å². The maximum atomic E-state index is 5.76. The highest BCUT2D eigenvalue weighted by atomic mass is 28.4. The Labute approximate surface area is 106 Å². The van der Waals surface area contributed by atoms with Crippen LogP contribution in [0.3, 0.4) is 0 Å². The summed E-state index contributed by atoms with van der Waals surface area (Å²) in [5.41, 5.74) is 1.17. The number of rotatable bonds is 6. The molecule has 4 heteroatoms. The number of hydrogen-bond acceptors (Lipinski definition) is 3. The summed E-state index contributed by atoms with van der Waals surface area (Å²) < 4.78 is 13.8. The third-order valence-electron chi connectivity index (χ3n) is 3.00. The molecule has 1 aromatic rings. The molecule has 0 radical (unpaired) electrons. The molecule has 0 spiro atoms. The van der Waals surface area contributed by atoms with Crippen molar-refractivity contribution in [1.82, 2.24) is 0 Å². The SMILES string of the molecule is CC[Si](OC)(OC)N(c1ccccc1)C(C)C. The van der Waals surface area contributed by atoms with Crippen molar-refractivity contribution in [2.24, 2.45) is 0 Å². The van der Waals surface area contributed by atoms with E-state index < -0.39 is 8.72 Å². The maximum absolute atomic E-state index is 5.76. The second-order valence-electron chi connectivity index (χ2n) is 4.27. The normalized spacial score (nSPS) is 11.9. The van der Waals surface area contributed by atoms with Crippen molar-refractivity contribution in [3.8, 4) is 0 Å². The van der Waals surface area contributed by atoms with E-state index in [2.05, 4.69) is 37.5 Å². The Morgan fingerprint density at radius 1 is 1.12 bits per heavy atom. The Morgan fingerprint density at radius 3 is 2.00 bits per heavy atom. The van der Waals surface area contributed by atoms with Gasteiger partial charge in [0.2, 0.25) is 0 Å². The largest absolute Gasteiger partial charge is 0.458 e. The van der Waals surface area contributed by atoms with E-state index in [1.165, 1.54) is 5.69 Å². The smallest absolute Gasteiger partial charge is 0.382 e. The van der Waals surface area contributed by atoms with Crippen LogP contribution in [0.15, 0.2) is 30.3 Å². The number of nitrogens with zero attached hydrogens (tertiary/aromatic N) is 1. The molecule has 0 atom stereocenters. The van der Waals surface area contributed by atoms with Crippen LogP contribution >= 0.6 is 0 Å². The van der Waals surface area contributed by atoms with Gasteiger partial charge >= 0.3 is 8.72 Å². The van der Waals surface area contributed by atoms with Gasteiger partial charge in [0.05, 0.1) is 0 Å². The molecule has 0 saturated carbocycles. The standard InChI is InChI=1S/C13H23NO2Si/c1-6-17(15-4,16-5)14(12(2)3)13-10-8-7-9-11-13/h7-12H,6H2,1-5H3. The zero-order valence-electron chi connectivity index (χ0n) is 11.4. The summed E-state index contributed by atoms with van der Waals surface area (Å²) in [6, 6.07) is 11.6. The van der Waals surface area contributed by atoms with Gasteiger partial charge in [0, 0.05) is 32.0 Å². The van der Waals surface area contributed by atoms with E-state index >= 15 is 0 Å². The summed E-state index contributed by atoms with van der Waals surface area (Å²) in [5.74, 6) is 0. The van der Waals surface area contributed by atoms with E-state index in [4.69, 9.17) is 8.85 Å². The third kappa shape index (κ3) is 2.88. The Morgan fingerprint density at radius 2 is 1.65 bits per heavy atom. The maximum Gasteiger partial charge on any atom is 0.458 e. The van der Waals surface area contributed by atoms with Crippen LogP contribution in [0.5, 0.6) is 0 Å². The summed E-state index contributed by atoms with van der Waals surface area (Å²) in [5, 5.41) is 0. The van der Waals surface area contributed by atoms with Gasteiger partial charge in [-0.3, -0.25) is 0 Å². The minimum atomic E-state index is -2.32. The van der Waals surface area contributed by atoms with Crippen LogP contribution in [0.1, 0.15) is 20.8 Å². The molecule has 0 saturated heterocycles. The summed E-state index contributed by atoms with van der Waals surface area (Å²) in [4.78, 5) is 0. The van der Waals surface area contributed by atoms with Gasteiger partial charge in [-0.25, -0.2) is 0 Å². The lowest BCUT2D eigenvalue weighted by Crippen LogP contribution is -2.60. The highest BCUT2D eigenvalue weighted by molar-refractivity contribution is 6.71. The Kier molecular flexibility index (Phi) is 5.18. The Hall–Kier alpha value is -0.843. The van der Waals surface area contributed by atoms with Gasteiger partial charge in [-0.05, 0) is 26.0 Å². The molecule has 0 N–H and O–H groups in total. The molecule has 0 bridgehead atoms. The van der Waals surface area contributed by atoms with Crippen molar-refractivity contribution in [3.63, 3.8) is 0 Å². The van der Waals surface area contributed by atoms with Gasteiger partial charge in [-0.15, -0.1) is 0 Å². The van der Waals surface area contributed by atoms with Crippen LogP contribution in [-0.4, -0.2) is 29.0 Å². The molecule has 3 nitrogen and oxygen atoms in total. The molecule has 0 aliphatic carbocycles. The summed E-state index contributed by atoms with van der Waals surface area (Å²) in [6.07, 6.45) is 0. The van der Waals surface area contributed by atoms with E-state index in [9.17, 15) is 0 Å². The molecular weight excluding hydrogens is 230 g/mol. The number of hydrogen-bond donors (Lipinski definition) is 0. The second-order valence-corrected chi connectivity index (χ2v) is 7.70. The molecule has 0 aliphatic heterocycles. The average molecular weight is 253 g/mol. The monoisotopic (exact) mass is 253 g/mol. The molecule has 0 heterocycles. The molecule has 0 amide bonds. The Bertz CT molecular complexity index is 317.